The molecule has 0 amide bonds. The van der Waals surface area contributed by atoms with Crippen molar-refractivity contribution >= 4 is 40.1 Å². The van der Waals surface area contributed by atoms with Gasteiger partial charge in [-0.25, -0.2) is 0 Å². The van der Waals surface area contributed by atoms with Crippen LogP contribution in [0.2, 0.25) is 0 Å². The maximum absolute atomic E-state index is 12.7. The van der Waals surface area contributed by atoms with Crippen LogP contribution in [-0.2, 0) is 11.3 Å². The standard InChI is InChI=1S/C27H26INO4/c1-31-27-13-3-20(18-22(27)19-33-25-10-6-23(28)7-11-25)2-12-26(30)21-4-8-24(9-5-21)29-14-16-32-17-15-29/h2-13,18H,14-17,19H2,1H3/b12-2+. The number of halogens is 1. The Labute approximate surface area is 208 Å². The van der Waals surface area contributed by atoms with Crippen molar-refractivity contribution in [3.8, 4) is 11.5 Å². The van der Waals surface area contributed by atoms with E-state index in [0.717, 1.165) is 58.2 Å². The van der Waals surface area contributed by atoms with Crippen LogP contribution in [0.3, 0.4) is 0 Å². The highest BCUT2D eigenvalue weighted by atomic mass is 127. The van der Waals surface area contributed by atoms with Gasteiger partial charge in [-0.1, -0.05) is 12.1 Å². The van der Waals surface area contributed by atoms with Gasteiger partial charge in [-0.3, -0.25) is 4.79 Å². The third-order valence-corrected chi connectivity index (χ3v) is 6.19. The molecule has 170 valence electrons. The Morgan fingerprint density at radius 1 is 1.03 bits per heavy atom. The summed E-state index contributed by atoms with van der Waals surface area (Å²) in [5.41, 5.74) is 3.61. The lowest BCUT2D eigenvalue weighted by molar-refractivity contribution is 0.104. The predicted molar refractivity (Wildman–Crippen MR) is 139 cm³/mol. The third kappa shape index (κ3) is 6.36. The number of ether oxygens (including phenoxy) is 3. The summed E-state index contributed by atoms with van der Waals surface area (Å²) in [4.78, 5) is 15.0. The molecular formula is C27H26INO4. The summed E-state index contributed by atoms with van der Waals surface area (Å²) in [6, 6.07) is 21.5. The van der Waals surface area contributed by atoms with E-state index in [9.17, 15) is 4.79 Å². The van der Waals surface area contributed by atoms with Crippen LogP contribution in [0.15, 0.2) is 72.8 Å². The van der Waals surface area contributed by atoms with Gasteiger partial charge in [0.25, 0.3) is 0 Å². The van der Waals surface area contributed by atoms with Crippen molar-refractivity contribution in [1.29, 1.82) is 0 Å². The minimum absolute atomic E-state index is 0.0314. The van der Waals surface area contributed by atoms with Crippen LogP contribution in [0, 0.1) is 3.57 Å². The fraction of sp³-hybridized carbons (Fsp3) is 0.222. The first kappa shape index (κ1) is 23.3. The highest BCUT2D eigenvalue weighted by Crippen LogP contribution is 2.24. The summed E-state index contributed by atoms with van der Waals surface area (Å²) < 4.78 is 18.0. The highest BCUT2D eigenvalue weighted by molar-refractivity contribution is 14.1. The quantitative estimate of drug-likeness (QED) is 0.206. The van der Waals surface area contributed by atoms with E-state index in [-0.39, 0.29) is 5.78 Å². The number of benzene rings is 3. The van der Waals surface area contributed by atoms with Gasteiger partial charge in [0, 0.05) is 33.5 Å². The fourth-order valence-corrected chi connectivity index (χ4v) is 3.99. The maximum Gasteiger partial charge on any atom is 0.185 e. The van der Waals surface area contributed by atoms with Crippen LogP contribution in [-0.4, -0.2) is 39.2 Å². The molecule has 1 saturated heterocycles. The summed E-state index contributed by atoms with van der Waals surface area (Å²) in [5.74, 6) is 1.52. The largest absolute Gasteiger partial charge is 0.496 e. The Morgan fingerprint density at radius 3 is 2.45 bits per heavy atom. The number of morpholine rings is 1. The summed E-state index contributed by atoms with van der Waals surface area (Å²) in [7, 11) is 1.64. The van der Waals surface area contributed by atoms with Crippen molar-refractivity contribution in [2.45, 2.75) is 6.61 Å². The molecule has 0 aromatic heterocycles. The van der Waals surface area contributed by atoms with Crippen LogP contribution >= 0.6 is 22.6 Å². The molecule has 5 nitrogen and oxygen atoms in total. The van der Waals surface area contributed by atoms with Gasteiger partial charge in [-0.2, -0.15) is 0 Å². The number of rotatable bonds is 8. The number of anilines is 1. The number of carbonyl (C=O) groups is 1. The molecule has 0 N–H and O–H groups in total. The minimum atomic E-state index is -0.0314. The van der Waals surface area contributed by atoms with Crippen LogP contribution in [0.4, 0.5) is 5.69 Å². The lowest BCUT2D eigenvalue weighted by atomic mass is 10.1. The predicted octanol–water partition coefficient (Wildman–Crippen LogP) is 5.61. The summed E-state index contributed by atoms with van der Waals surface area (Å²) >= 11 is 2.26. The van der Waals surface area contributed by atoms with Gasteiger partial charge in [0.05, 0.1) is 20.3 Å². The Morgan fingerprint density at radius 2 is 1.76 bits per heavy atom. The SMILES string of the molecule is COc1ccc(/C=C/C(=O)c2ccc(N3CCOCC3)cc2)cc1COc1ccc(I)cc1. The molecule has 0 saturated carbocycles. The first-order valence-corrected chi connectivity index (χ1v) is 11.9. The van der Waals surface area contributed by atoms with Crippen LogP contribution in [0.25, 0.3) is 6.08 Å². The molecule has 33 heavy (non-hydrogen) atoms. The Hall–Kier alpha value is -2.84. The maximum atomic E-state index is 12.7. The Bertz CT molecular complexity index is 1100. The minimum Gasteiger partial charge on any atom is -0.496 e. The molecule has 1 aliphatic rings. The van der Waals surface area contributed by atoms with E-state index in [2.05, 4.69) is 27.5 Å². The van der Waals surface area contributed by atoms with Crippen molar-refractivity contribution in [2.24, 2.45) is 0 Å². The Kier molecular flexibility index (Phi) is 8.01. The molecule has 3 aromatic carbocycles. The van der Waals surface area contributed by atoms with Crippen molar-refractivity contribution in [3.05, 3.63) is 93.1 Å². The number of nitrogens with zero attached hydrogens (tertiary/aromatic N) is 1. The zero-order chi connectivity index (χ0) is 23.0. The average Bonchev–Trinajstić information content (AvgIpc) is 2.87. The molecule has 0 spiro atoms. The third-order valence-electron chi connectivity index (χ3n) is 5.47. The zero-order valence-corrected chi connectivity index (χ0v) is 20.7. The lowest BCUT2D eigenvalue weighted by Gasteiger charge is -2.28. The summed E-state index contributed by atoms with van der Waals surface area (Å²) in [5, 5.41) is 0. The molecule has 0 radical (unpaired) electrons. The smallest absolute Gasteiger partial charge is 0.185 e. The van der Waals surface area contributed by atoms with Gasteiger partial charge in [0.1, 0.15) is 18.1 Å². The Balaban J connectivity index is 1.41. The van der Waals surface area contributed by atoms with Crippen LogP contribution in [0.5, 0.6) is 11.5 Å². The number of hydrogen-bond acceptors (Lipinski definition) is 5. The van der Waals surface area contributed by atoms with Crippen molar-refractivity contribution < 1.29 is 19.0 Å². The van der Waals surface area contributed by atoms with Crippen molar-refractivity contribution in [1.82, 2.24) is 0 Å². The number of hydrogen-bond donors (Lipinski definition) is 0. The second-order valence-corrected chi connectivity index (χ2v) is 8.90. The molecule has 6 heteroatoms. The van der Waals surface area contributed by atoms with Gasteiger partial charge >= 0.3 is 0 Å². The van der Waals surface area contributed by atoms with E-state index in [1.807, 2.05) is 72.8 Å². The zero-order valence-electron chi connectivity index (χ0n) is 18.5. The van der Waals surface area contributed by atoms with Crippen LogP contribution in [0.1, 0.15) is 21.5 Å². The molecule has 4 rings (SSSR count). The van der Waals surface area contributed by atoms with Gasteiger partial charge in [0.2, 0.25) is 0 Å². The van der Waals surface area contributed by atoms with Gasteiger partial charge in [-0.05, 0) is 94.9 Å². The molecule has 0 bridgehead atoms. The molecule has 0 unspecified atom stereocenters. The first-order valence-electron chi connectivity index (χ1n) is 10.8. The highest BCUT2D eigenvalue weighted by Gasteiger charge is 2.12. The van der Waals surface area contributed by atoms with Gasteiger partial charge in [-0.15, -0.1) is 0 Å². The van der Waals surface area contributed by atoms with Gasteiger partial charge < -0.3 is 19.1 Å². The summed E-state index contributed by atoms with van der Waals surface area (Å²) in [6.45, 7) is 3.61. The van der Waals surface area contributed by atoms with Crippen molar-refractivity contribution in [2.75, 3.05) is 38.3 Å². The molecular weight excluding hydrogens is 529 g/mol. The lowest BCUT2D eigenvalue weighted by Crippen LogP contribution is -2.36. The van der Waals surface area contributed by atoms with Crippen LogP contribution < -0.4 is 14.4 Å². The van der Waals surface area contributed by atoms with E-state index >= 15 is 0 Å². The second-order valence-electron chi connectivity index (χ2n) is 7.66. The first-order chi connectivity index (χ1) is 16.1. The molecule has 0 atom stereocenters. The van der Waals surface area contributed by atoms with E-state index in [0.29, 0.717) is 12.2 Å². The molecule has 1 heterocycles. The fourth-order valence-electron chi connectivity index (χ4n) is 3.63. The number of ketones is 1. The monoisotopic (exact) mass is 555 g/mol. The van der Waals surface area contributed by atoms with Crippen molar-refractivity contribution in [3.63, 3.8) is 0 Å². The molecule has 1 aliphatic heterocycles. The van der Waals surface area contributed by atoms with E-state index in [1.54, 1.807) is 13.2 Å². The second kappa shape index (κ2) is 11.3. The number of allylic oxidation sites excluding steroid dienone is 1. The topological polar surface area (TPSA) is 48.0 Å². The molecule has 3 aromatic rings. The molecule has 1 fully saturated rings. The average molecular weight is 555 g/mol. The van der Waals surface area contributed by atoms with Gasteiger partial charge in [0.15, 0.2) is 5.78 Å². The summed E-state index contributed by atoms with van der Waals surface area (Å²) in [6.07, 6.45) is 3.43. The number of carbonyl (C=O) groups excluding carboxylic acids is 1. The van der Waals surface area contributed by atoms with E-state index in [1.165, 1.54) is 0 Å². The van der Waals surface area contributed by atoms with E-state index in [4.69, 9.17) is 14.2 Å². The number of methoxy groups -OCH3 is 1. The van der Waals surface area contributed by atoms with E-state index < -0.39 is 0 Å². The normalized spacial score (nSPS) is 13.8. The molecule has 0 aliphatic carbocycles.